The number of nitrogens with one attached hydrogen (secondary N) is 1. The summed E-state index contributed by atoms with van der Waals surface area (Å²) in [7, 11) is -3.64. The zero-order valence-corrected chi connectivity index (χ0v) is 13.0. The van der Waals surface area contributed by atoms with E-state index in [0.717, 1.165) is 5.56 Å². The fourth-order valence-corrected chi connectivity index (χ4v) is 3.34. The second kappa shape index (κ2) is 6.08. The highest BCUT2D eigenvalue weighted by atomic mass is 32.2. The van der Waals surface area contributed by atoms with Crippen molar-refractivity contribution < 1.29 is 17.9 Å². The Bertz CT molecular complexity index is 750. The fourth-order valence-electron chi connectivity index (χ4n) is 2.25. The molecular formula is C16H17NO4S. The van der Waals surface area contributed by atoms with Crippen LogP contribution in [0.4, 0.5) is 5.69 Å². The molecule has 0 unspecified atom stereocenters. The molecular weight excluding hydrogens is 302 g/mol. The summed E-state index contributed by atoms with van der Waals surface area (Å²) < 4.78 is 38.5. The summed E-state index contributed by atoms with van der Waals surface area (Å²) in [5.41, 5.74) is 2.15. The maximum Gasteiger partial charge on any atom is 0.261 e. The van der Waals surface area contributed by atoms with E-state index >= 15 is 0 Å². The van der Waals surface area contributed by atoms with Gasteiger partial charge in [-0.3, -0.25) is 4.72 Å². The lowest BCUT2D eigenvalue weighted by Gasteiger charge is -2.16. The Morgan fingerprint density at radius 2 is 1.64 bits per heavy atom. The molecule has 1 saturated heterocycles. The van der Waals surface area contributed by atoms with Crippen LogP contribution >= 0.6 is 0 Å². The quantitative estimate of drug-likeness (QED) is 0.941. The molecule has 6 heteroatoms. The Morgan fingerprint density at radius 1 is 1.00 bits per heavy atom. The van der Waals surface area contributed by atoms with E-state index < -0.39 is 16.3 Å². The molecule has 0 amide bonds. The van der Waals surface area contributed by atoms with Gasteiger partial charge in [0, 0.05) is 5.56 Å². The monoisotopic (exact) mass is 319 g/mol. The van der Waals surface area contributed by atoms with E-state index in [9.17, 15) is 8.42 Å². The minimum atomic E-state index is -3.64. The van der Waals surface area contributed by atoms with Crippen LogP contribution in [0.2, 0.25) is 0 Å². The molecule has 0 radical (unpaired) electrons. The Kier molecular flexibility index (Phi) is 4.15. The van der Waals surface area contributed by atoms with Gasteiger partial charge in [-0.1, -0.05) is 35.9 Å². The Hall–Kier alpha value is -1.89. The van der Waals surface area contributed by atoms with E-state index in [1.165, 1.54) is 0 Å². The average molecular weight is 319 g/mol. The molecule has 22 heavy (non-hydrogen) atoms. The first-order valence-electron chi connectivity index (χ1n) is 6.98. The lowest BCUT2D eigenvalue weighted by molar-refractivity contribution is -0.0435. The molecule has 0 atom stereocenters. The van der Waals surface area contributed by atoms with Gasteiger partial charge in [-0.15, -0.1) is 0 Å². The van der Waals surface area contributed by atoms with Crippen molar-refractivity contribution in [3.63, 3.8) is 0 Å². The molecule has 2 aromatic rings. The van der Waals surface area contributed by atoms with Crippen LogP contribution in [0.25, 0.3) is 0 Å². The zero-order valence-electron chi connectivity index (χ0n) is 12.2. The summed E-state index contributed by atoms with van der Waals surface area (Å²) in [6.07, 6.45) is -0.531. The molecule has 0 aromatic heterocycles. The number of benzene rings is 2. The van der Waals surface area contributed by atoms with E-state index in [4.69, 9.17) is 9.47 Å². The second-order valence-electron chi connectivity index (χ2n) is 5.08. The van der Waals surface area contributed by atoms with E-state index in [1.54, 1.807) is 42.5 Å². The van der Waals surface area contributed by atoms with Crippen molar-refractivity contribution in [3.8, 4) is 0 Å². The van der Waals surface area contributed by atoms with Crippen molar-refractivity contribution in [2.75, 3.05) is 17.9 Å². The molecule has 116 valence electrons. The molecule has 2 aromatic carbocycles. The first-order valence-corrected chi connectivity index (χ1v) is 8.46. The van der Waals surface area contributed by atoms with Crippen LogP contribution in [0.3, 0.4) is 0 Å². The highest BCUT2D eigenvalue weighted by Gasteiger charge is 2.23. The fraction of sp³-hybridized carbons (Fsp3) is 0.250. The van der Waals surface area contributed by atoms with Crippen molar-refractivity contribution in [2.45, 2.75) is 18.1 Å². The molecule has 0 bridgehead atoms. The average Bonchev–Trinajstić information content (AvgIpc) is 3.02. The van der Waals surface area contributed by atoms with E-state index in [1.807, 2.05) is 13.0 Å². The molecule has 0 aliphatic carbocycles. The lowest BCUT2D eigenvalue weighted by atomic mass is 10.2. The van der Waals surface area contributed by atoms with Gasteiger partial charge in [0.25, 0.3) is 10.0 Å². The third-order valence-electron chi connectivity index (χ3n) is 3.41. The van der Waals surface area contributed by atoms with Crippen molar-refractivity contribution in [1.82, 2.24) is 0 Å². The number of sulfonamides is 1. The van der Waals surface area contributed by atoms with E-state index in [-0.39, 0.29) is 4.90 Å². The Balaban J connectivity index is 1.90. The highest BCUT2D eigenvalue weighted by Crippen LogP contribution is 2.30. The first kappa shape index (κ1) is 15.0. The summed E-state index contributed by atoms with van der Waals surface area (Å²) in [4.78, 5) is 0.223. The van der Waals surface area contributed by atoms with Gasteiger partial charge in [-0.2, -0.15) is 0 Å². The predicted molar refractivity (Wildman–Crippen MR) is 83.1 cm³/mol. The minimum absolute atomic E-state index is 0.223. The molecule has 0 saturated carbocycles. The third-order valence-corrected chi connectivity index (χ3v) is 4.79. The van der Waals surface area contributed by atoms with Crippen LogP contribution in [0.1, 0.15) is 17.4 Å². The van der Waals surface area contributed by atoms with Gasteiger partial charge in [0.15, 0.2) is 6.29 Å². The summed E-state index contributed by atoms with van der Waals surface area (Å²) >= 11 is 0. The maximum absolute atomic E-state index is 12.5. The minimum Gasteiger partial charge on any atom is -0.346 e. The van der Waals surface area contributed by atoms with Crippen molar-refractivity contribution in [3.05, 3.63) is 59.7 Å². The van der Waals surface area contributed by atoms with Crippen LogP contribution in [0.5, 0.6) is 0 Å². The topological polar surface area (TPSA) is 64.6 Å². The van der Waals surface area contributed by atoms with Crippen LogP contribution in [0.15, 0.2) is 53.4 Å². The van der Waals surface area contributed by atoms with Gasteiger partial charge in [-0.05, 0) is 25.1 Å². The van der Waals surface area contributed by atoms with Crippen LogP contribution < -0.4 is 4.72 Å². The Labute approximate surface area is 129 Å². The van der Waals surface area contributed by atoms with E-state index in [0.29, 0.717) is 24.5 Å². The van der Waals surface area contributed by atoms with Crippen molar-refractivity contribution >= 4 is 15.7 Å². The van der Waals surface area contributed by atoms with Gasteiger partial charge >= 0.3 is 0 Å². The SMILES string of the molecule is Cc1ccc(S(=O)(=O)Nc2ccccc2C2OCCO2)cc1. The number of ether oxygens (including phenoxy) is 2. The summed E-state index contributed by atoms with van der Waals surface area (Å²) in [6, 6.07) is 13.8. The number of rotatable bonds is 4. The molecule has 1 aliphatic heterocycles. The van der Waals surface area contributed by atoms with Crippen LogP contribution in [-0.2, 0) is 19.5 Å². The molecule has 5 nitrogen and oxygen atoms in total. The van der Waals surface area contributed by atoms with Gasteiger partial charge in [-0.25, -0.2) is 8.42 Å². The number of anilines is 1. The molecule has 0 spiro atoms. The summed E-state index contributed by atoms with van der Waals surface area (Å²) in [6.45, 7) is 2.92. The van der Waals surface area contributed by atoms with Gasteiger partial charge in [0.05, 0.1) is 23.8 Å². The predicted octanol–water partition coefficient (Wildman–Crippen LogP) is 2.84. The van der Waals surface area contributed by atoms with Gasteiger partial charge in [0.1, 0.15) is 0 Å². The van der Waals surface area contributed by atoms with Crippen LogP contribution in [-0.4, -0.2) is 21.6 Å². The Morgan fingerprint density at radius 3 is 2.32 bits per heavy atom. The standard InChI is InChI=1S/C16H17NO4S/c1-12-6-8-13(9-7-12)22(18,19)17-15-5-3-2-4-14(15)16-20-10-11-21-16/h2-9,16-17H,10-11H2,1H3. The largest absolute Gasteiger partial charge is 0.346 e. The van der Waals surface area contributed by atoms with Crippen LogP contribution in [0, 0.1) is 6.92 Å². The van der Waals surface area contributed by atoms with E-state index in [2.05, 4.69) is 4.72 Å². The zero-order chi connectivity index (χ0) is 15.6. The number of hydrogen-bond donors (Lipinski definition) is 1. The lowest BCUT2D eigenvalue weighted by Crippen LogP contribution is -2.15. The van der Waals surface area contributed by atoms with Crippen molar-refractivity contribution in [1.29, 1.82) is 0 Å². The normalized spacial score (nSPS) is 15.9. The summed E-state index contributed by atoms with van der Waals surface area (Å²) in [5.74, 6) is 0. The molecule has 3 rings (SSSR count). The summed E-state index contributed by atoms with van der Waals surface area (Å²) in [5, 5.41) is 0. The molecule has 1 N–H and O–H groups in total. The first-order chi connectivity index (χ1) is 10.6. The number of hydrogen-bond acceptors (Lipinski definition) is 4. The molecule has 1 heterocycles. The third kappa shape index (κ3) is 3.14. The second-order valence-corrected chi connectivity index (χ2v) is 6.76. The number of para-hydroxylation sites is 1. The smallest absolute Gasteiger partial charge is 0.261 e. The van der Waals surface area contributed by atoms with Gasteiger partial charge < -0.3 is 9.47 Å². The molecule has 1 aliphatic rings. The van der Waals surface area contributed by atoms with Gasteiger partial charge in [0.2, 0.25) is 0 Å². The molecule has 1 fully saturated rings. The highest BCUT2D eigenvalue weighted by molar-refractivity contribution is 7.92. The number of aryl methyl sites for hydroxylation is 1. The maximum atomic E-state index is 12.5. The van der Waals surface area contributed by atoms with Crippen molar-refractivity contribution in [2.24, 2.45) is 0 Å².